The number of hydrogen-bond donors (Lipinski definition) is 0. The van der Waals surface area contributed by atoms with Crippen molar-refractivity contribution in [1.82, 2.24) is 25.1 Å². The molecular weight excluding hydrogens is 282 g/mol. The molecule has 1 aromatic heterocycles. The van der Waals surface area contributed by atoms with E-state index in [1.807, 2.05) is 30.3 Å². The lowest BCUT2D eigenvalue weighted by Gasteiger charge is -2.18. The van der Waals surface area contributed by atoms with Crippen molar-refractivity contribution in [2.45, 2.75) is 13.0 Å². The summed E-state index contributed by atoms with van der Waals surface area (Å²) in [6.07, 6.45) is 4.00. The van der Waals surface area contributed by atoms with E-state index in [4.69, 9.17) is 4.74 Å². The summed E-state index contributed by atoms with van der Waals surface area (Å²) in [5, 5.41) is 10.7. The van der Waals surface area contributed by atoms with Gasteiger partial charge in [0.05, 0.1) is 6.54 Å². The van der Waals surface area contributed by atoms with Crippen LogP contribution in [0.25, 0.3) is 0 Å². The molecule has 0 N–H and O–H groups in total. The molecule has 116 valence electrons. The van der Waals surface area contributed by atoms with Gasteiger partial charge in [-0.25, -0.2) is 4.68 Å². The SMILES string of the molecule is C=CCc1ccccc1OCCN(C)C(=O)Cn1cnnn1. The van der Waals surface area contributed by atoms with Gasteiger partial charge in [-0.05, 0) is 28.5 Å². The summed E-state index contributed by atoms with van der Waals surface area (Å²) in [6.45, 7) is 4.77. The smallest absolute Gasteiger partial charge is 0.244 e. The van der Waals surface area contributed by atoms with E-state index in [-0.39, 0.29) is 12.5 Å². The van der Waals surface area contributed by atoms with Gasteiger partial charge in [-0.3, -0.25) is 4.79 Å². The minimum absolute atomic E-state index is 0.0738. The van der Waals surface area contributed by atoms with Gasteiger partial charge in [-0.2, -0.15) is 0 Å². The summed E-state index contributed by atoms with van der Waals surface area (Å²) in [5.41, 5.74) is 1.08. The predicted octanol–water partition coefficient (Wildman–Crippen LogP) is 0.939. The maximum Gasteiger partial charge on any atom is 0.244 e. The van der Waals surface area contributed by atoms with Crippen LogP contribution in [0.3, 0.4) is 0 Å². The summed E-state index contributed by atoms with van der Waals surface area (Å²) in [7, 11) is 1.73. The highest BCUT2D eigenvalue weighted by atomic mass is 16.5. The molecule has 0 aliphatic carbocycles. The second kappa shape index (κ2) is 7.92. The number of ether oxygens (including phenoxy) is 1. The fourth-order valence-electron chi connectivity index (χ4n) is 1.90. The third kappa shape index (κ3) is 4.41. The highest BCUT2D eigenvalue weighted by Gasteiger charge is 2.10. The van der Waals surface area contributed by atoms with E-state index in [0.29, 0.717) is 13.2 Å². The molecule has 7 nitrogen and oxygen atoms in total. The number of hydrogen-bond acceptors (Lipinski definition) is 5. The van der Waals surface area contributed by atoms with Crippen LogP contribution in [0, 0.1) is 0 Å². The minimum Gasteiger partial charge on any atom is -0.491 e. The van der Waals surface area contributed by atoms with Crippen molar-refractivity contribution < 1.29 is 9.53 Å². The number of tetrazole rings is 1. The predicted molar refractivity (Wildman–Crippen MR) is 81.3 cm³/mol. The molecule has 0 spiro atoms. The van der Waals surface area contributed by atoms with Crippen molar-refractivity contribution in [3.05, 3.63) is 48.8 Å². The van der Waals surface area contributed by atoms with Crippen LogP contribution in [0.1, 0.15) is 5.56 Å². The highest BCUT2D eigenvalue weighted by molar-refractivity contribution is 5.75. The van der Waals surface area contributed by atoms with Crippen molar-refractivity contribution in [2.24, 2.45) is 0 Å². The van der Waals surface area contributed by atoms with Gasteiger partial charge in [0.15, 0.2) is 0 Å². The largest absolute Gasteiger partial charge is 0.491 e. The molecular formula is C15H19N5O2. The van der Waals surface area contributed by atoms with Crippen molar-refractivity contribution in [3.8, 4) is 5.75 Å². The third-order valence-electron chi connectivity index (χ3n) is 3.14. The lowest BCUT2D eigenvalue weighted by Crippen LogP contribution is -2.33. The molecule has 2 rings (SSSR count). The Labute approximate surface area is 129 Å². The molecule has 0 unspecified atom stereocenters. The molecule has 1 heterocycles. The molecule has 0 aliphatic heterocycles. The van der Waals surface area contributed by atoms with Crippen LogP contribution in [0.5, 0.6) is 5.75 Å². The van der Waals surface area contributed by atoms with E-state index < -0.39 is 0 Å². The molecule has 1 aromatic carbocycles. The first-order chi connectivity index (χ1) is 10.7. The Kier molecular flexibility index (Phi) is 5.65. The number of benzene rings is 1. The van der Waals surface area contributed by atoms with E-state index in [1.165, 1.54) is 11.0 Å². The number of carbonyl (C=O) groups is 1. The Morgan fingerprint density at radius 2 is 2.27 bits per heavy atom. The highest BCUT2D eigenvalue weighted by Crippen LogP contribution is 2.18. The summed E-state index contributed by atoms with van der Waals surface area (Å²) < 4.78 is 7.14. The van der Waals surface area contributed by atoms with E-state index in [1.54, 1.807) is 11.9 Å². The maximum atomic E-state index is 12.0. The van der Waals surface area contributed by atoms with Gasteiger partial charge in [0.2, 0.25) is 5.91 Å². The zero-order chi connectivity index (χ0) is 15.8. The number of amides is 1. The molecule has 0 bridgehead atoms. The second-order valence-electron chi connectivity index (χ2n) is 4.77. The van der Waals surface area contributed by atoms with E-state index in [9.17, 15) is 4.79 Å². The van der Waals surface area contributed by atoms with Crippen molar-refractivity contribution in [2.75, 3.05) is 20.2 Å². The van der Waals surface area contributed by atoms with Crippen LogP contribution in [0.15, 0.2) is 43.2 Å². The zero-order valence-corrected chi connectivity index (χ0v) is 12.6. The van der Waals surface area contributed by atoms with Crippen LogP contribution in [-0.4, -0.2) is 51.2 Å². The summed E-state index contributed by atoms with van der Waals surface area (Å²) >= 11 is 0. The minimum atomic E-state index is -0.0738. The summed E-state index contributed by atoms with van der Waals surface area (Å²) in [6, 6.07) is 7.81. The van der Waals surface area contributed by atoms with Crippen molar-refractivity contribution in [1.29, 1.82) is 0 Å². The number of nitrogens with zero attached hydrogens (tertiary/aromatic N) is 5. The van der Waals surface area contributed by atoms with Crippen LogP contribution in [0.2, 0.25) is 0 Å². The average Bonchev–Trinajstić information content (AvgIpc) is 3.02. The first kappa shape index (κ1) is 15.7. The topological polar surface area (TPSA) is 73.1 Å². The number of para-hydroxylation sites is 1. The third-order valence-corrected chi connectivity index (χ3v) is 3.14. The molecule has 1 amide bonds. The monoisotopic (exact) mass is 301 g/mol. The molecule has 7 heteroatoms. The Morgan fingerprint density at radius 1 is 1.45 bits per heavy atom. The fourth-order valence-corrected chi connectivity index (χ4v) is 1.90. The van der Waals surface area contributed by atoms with Crippen LogP contribution >= 0.6 is 0 Å². The average molecular weight is 301 g/mol. The normalized spacial score (nSPS) is 10.2. The number of allylic oxidation sites excluding steroid dienone is 1. The van der Waals surface area contributed by atoms with Crippen molar-refractivity contribution >= 4 is 5.91 Å². The van der Waals surface area contributed by atoms with Gasteiger partial charge < -0.3 is 9.64 Å². The van der Waals surface area contributed by atoms with Crippen LogP contribution in [0.4, 0.5) is 0 Å². The van der Waals surface area contributed by atoms with Crippen LogP contribution in [-0.2, 0) is 17.8 Å². The lowest BCUT2D eigenvalue weighted by molar-refractivity contribution is -0.131. The Balaban J connectivity index is 1.80. The molecule has 2 aromatic rings. The van der Waals surface area contributed by atoms with Crippen LogP contribution < -0.4 is 4.74 Å². The lowest BCUT2D eigenvalue weighted by atomic mass is 10.1. The molecule has 0 atom stereocenters. The molecule has 22 heavy (non-hydrogen) atoms. The first-order valence-electron chi connectivity index (χ1n) is 6.97. The van der Waals surface area contributed by atoms with Gasteiger partial charge in [-0.1, -0.05) is 24.3 Å². The first-order valence-corrected chi connectivity index (χ1v) is 6.97. The Hall–Kier alpha value is -2.70. The van der Waals surface area contributed by atoms with E-state index >= 15 is 0 Å². The summed E-state index contributed by atoms with van der Waals surface area (Å²) in [5.74, 6) is 0.749. The maximum absolute atomic E-state index is 12.0. The van der Waals surface area contributed by atoms with Gasteiger partial charge in [0.1, 0.15) is 25.2 Å². The van der Waals surface area contributed by atoms with Gasteiger partial charge >= 0.3 is 0 Å². The number of likely N-dealkylation sites (N-methyl/N-ethyl adjacent to an activating group) is 1. The summed E-state index contributed by atoms with van der Waals surface area (Å²) in [4.78, 5) is 13.6. The zero-order valence-electron chi connectivity index (χ0n) is 12.6. The van der Waals surface area contributed by atoms with Crippen molar-refractivity contribution in [3.63, 3.8) is 0 Å². The van der Waals surface area contributed by atoms with E-state index in [0.717, 1.165) is 17.7 Å². The molecule has 0 fully saturated rings. The molecule has 0 saturated carbocycles. The Morgan fingerprint density at radius 3 is 3.00 bits per heavy atom. The Bertz CT molecular complexity index is 612. The van der Waals surface area contributed by atoms with Gasteiger partial charge in [-0.15, -0.1) is 11.7 Å². The molecule has 0 radical (unpaired) electrons. The van der Waals surface area contributed by atoms with Gasteiger partial charge in [0, 0.05) is 7.05 Å². The quantitative estimate of drug-likeness (QED) is 0.678. The second-order valence-corrected chi connectivity index (χ2v) is 4.77. The van der Waals surface area contributed by atoms with Gasteiger partial charge in [0.25, 0.3) is 0 Å². The number of rotatable bonds is 8. The number of aromatic nitrogens is 4. The standard InChI is InChI=1S/C15H19N5O2/c1-3-6-13-7-4-5-8-14(13)22-10-9-19(2)15(21)11-20-12-16-17-18-20/h3-5,7-8,12H,1,6,9-11H2,2H3. The fraction of sp³-hybridized carbons (Fsp3) is 0.333. The van der Waals surface area contributed by atoms with E-state index in [2.05, 4.69) is 22.1 Å². The molecule has 0 saturated heterocycles. The number of carbonyl (C=O) groups excluding carboxylic acids is 1. The molecule has 0 aliphatic rings.